The molecule has 2 aromatic carbocycles. The molecule has 0 N–H and O–H groups in total. The van der Waals surface area contributed by atoms with Crippen molar-refractivity contribution in [2.75, 3.05) is 13.2 Å². The van der Waals surface area contributed by atoms with Gasteiger partial charge in [-0.1, -0.05) is 35.9 Å². The second kappa shape index (κ2) is 9.19. The predicted molar refractivity (Wildman–Crippen MR) is 118 cm³/mol. The molecule has 33 heavy (non-hydrogen) atoms. The lowest BCUT2D eigenvalue weighted by molar-refractivity contribution is -0.137. The summed E-state index contributed by atoms with van der Waals surface area (Å²) in [4.78, 5) is 26.1. The number of halogens is 3. The number of benzene rings is 2. The van der Waals surface area contributed by atoms with Crippen LogP contribution in [0.4, 0.5) is 18.0 Å². The van der Waals surface area contributed by atoms with Crippen LogP contribution in [0.3, 0.4) is 0 Å². The van der Waals surface area contributed by atoms with Gasteiger partial charge in [-0.2, -0.15) is 13.2 Å². The summed E-state index contributed by atoms with van der Waals surface area (Å²) in [6.07, 6.45) is -3.18. The highest BCUT2D eigenvalue weighted by Gasteiger charge is 2.36. The third kappa shape index (κ3) is 5.14. The Morgan fingerprint density at radius 3 is 2.48 bits per heavy atom. The highest BCUT2D eigenvalue weighted by molar-refractivity contribution is 8.18. The molecule has 5 nitrogen and oxygen atoms in total. The molecule has 0 radical (unpaired) electrons. The fraction of sp³-hybridized carbons (Fsp3) is 0.167. The van der Waals surface area contributed by atoms with E-state index in [1.807, 2.05) is 19.1 Å². The van der Waals surface area contributed by atoms with Crippen LogP contribution in [0.15, 0.2) is 70.0 Å². The van der Waals surface area contributed by atoms with Crippen LogP contribution >= 0.6 is 11.8 Å². The summed E-state index contributed by atoms with van der Waals surface area (Å²) in [5, 5.41) is -0.451. The molecule has 1 saturated heterocycles. The fourth-order valence-corrected chi connectivity index (χ4v) is 4.08. The van der Waals surface area contributed by atoms with Gasteiger partial charge in [-0.3, -0.25) is 14.5 Å². The van der Waals surface area contributed by atoms with Gasteiger partial charge in [0.05, 0.1) is 17.0 Å². The molecule has 1 aromatic heterocycles. The van der Waals surface area contributed by atoms with Gasteiger partial charge >= 0.3 is 6.18 Å². The minimum absolute atomic E-state index is 0.0138. The molecule has 0 saturated carbocycles. The number of aryl methyl sites for hydroxylation is 1. The average Bonchev–Trinajstić information content (AvgIpc) is 3.34. The maximum Gasteiger partial charge on any atom is 0.417 e. The molecule has 170 valence electrons. The van der Waals surface area contributed by atoms with E-state index in [4.69, 9.17) is 9.15 Å². The van der Waals surface area contributed by atoms with Crippen molar-refractivity contribution in [1.29, 1.82) is 0 Å². The van der Waals surface area contributed by atoms with Gasteiger partial charge < -0.3 is 9.15 Å². The quantitative estimate of drug-likeness (QED) is 0.388. The highest BCUT2D eigenvalue weighted by Crippen LogP contribution is 2.38. The zero-order chi connectivity index (χ0) is 23.6. The van der Waals surface area contributed by atoms with Crippen molar-refractivity contribution in [3.63, 3.8) is 0 Å². The number of thioether (sulfide) groups is 1. The van der Waals surface area contributed by atoms with Gasteiger partial charge in [0, 0.05) is 11.6 Å². The van der Waals surface area contributed by atoms with Crippen LogP contribution in [-0.4, -0.2) is 29.2 Å². The van der Waals surface area contributed by atoms with E-state index in [2.05, 4.69) is 0 Å². The Morgan fingerprint density at radius 1 is 1.03 bits per heavy atom. The molecule has 0 unspecified atom stereocenters. The summed E-state index contributed by atoms with van der Waals surface area (Å²) in [7, 11) is 0. The highest BCUT2D eigenvalue weighted by atomic mass is 32.2. The number of imide groups is 1. The van der Waals surface area contributed by atoms with Gasteiger partial charge in [-0.05, 0) is 49.0 Å². The second-order valence-corrected chi connectivity index (χ2v) is 8.23. The fourth-order valence-electron chi connectivity index (χ4n) is 3.23. The van der Waals surface area contributed by atoms with Crippen LogP contribution in [0.25, 0.3) is 17.4 Å². The molecule has 1 aliphatic rings. The molecule has 0 atom stereocenters. The summed E-state index contributed by atoms with van der Waals surface area (Å²) in [5.41, 5.74) is 0.159. The maximum absolute atomic E-state index is 13.3. The average molecular weight is 473 g/mol. The number of amides is 2. The Balaban J connectivity index is 1.45. The molecular formula is C24H18F3NO4S. The molecule has 0 spiro atoms. The van der Waals surface area contributed by atoms with Gasteiger partial charge in [0.15, 0.2) is 0 Å². The van der Waals surface area contributed by atoms with Crippen molar-refractivity contribution >= 4 is 29.0 Å². The van der Waals surface area contributed by atoms with Crippen molar-refractivity contribution < 1.29 is 31.9 Å². The number of ether oxygens (including phenoxy) is 1. The van der Waals surface area contributed by atoms with Crippen LogP contribution < -0.4 is 4.74 Å². The van der Waals surface area contributed by atoms with Gasteiger partial charge in [0.2, 0.25) is 0 Å². The zero-order valence-electron chi connectivity index (χ0n) is 17.4. The molecular weight excluding hydrogens is 455 g/mol. The summed E-state index contributed by atoms with van der Waals surface area (Å²) in [6.45, 7) is 2.15. The smallest absolute Gasteiger partial charge is 0.417 e. The lowest BCUT2D eigenvalue weighted by atomic mass is 10.1. The number of rotatable bonds is 6. The molecule has 9 heteroatoms. The SMILES string of the molecule is Cc1ccc(OCCN2C(=O)S/C(=C\c3ccc(-c4ccccc4C(F)(F)F)o3)C2=O)cc1. The standard InChI is InChI=1S/C24H18F3NO4S/c1-15-6-8-16(9-7-15)31-13-12-28-22(29)21(33-23(28)30)14-17-10-11-20(32-17)18-4-2-3-5-19(18)24(25,26)27/h2-11,14H,12-13H2,1H3/b21-14-. The minimum Gasteiger partial charge on any atom is -0.492 e. The van der Waals surface area contributed by atoms with Crippen LogP contribution in [-0.2, 0) is 11.0 Å². The summed E-state index contributed by atoms with van der Waals surface area (Å²) in [5.74, 6) is 0.305. The Morgan fingerprint density at radius 2 is 1.76 bits per heavy atom. The first-order valence-electron chi connectivity index (χ1n) is 9.93. The van der Waals surface area contributed by atoms with Crippen molar-refractivity contribution in [2.45, 2.75) is 13.1 Å². The van der Waals surface area contributed by atoms with Crippen molar-refractivity contribution in [1.82, 2.24) is 4.90 Å². The van der Waals surface area contributed by atoms with Crippen molar-refractivity contribution in [2.24, 2.45) is 0 Å². The molecule has 2 amide bonds. The van der Waals surface area contributed by atoms with E-state index >= 15 is 0 Å². The van der Waals surface area contributed by atoms with E-state index in [0.29, 0.717) is 5.75 Å². The number of hydrogen-bond acceptors (Lipinski definition) is 5. The first kappa shape index (κ1) is 22.7. The maximum atomic E-state index is 13.3. The van der Waals surface area contributed by atoms with Gasteiger partial charge in [-0.25, -0.2) is 0 Å². The van der Waals surface area contributed by atoms with Crippen LogP contribution in [0.5, 0.6) is 5.75 Å². The van der Waals surface area contributed by atoms with E-state index in [1.54, 1.807) is 12.1 Å². The molecule has 4 rings (SSSR count). The van der Waals surface area contributed by atoms with Gasteiger partial charge in [0.25, 0.3) is 11.1 Å². The summed E-state index contributed by atoms with van der Waals surface area (Å²) in [6, 6.07) is 15.3. The second-order valence-electron chi connectivity index (χ2n) is 7.24. The number of alkyl halides is 3. The monoisotopic (exact) mass is 473 g/mol. The van der Waals surface area contributed by atoms with Crippen molar-refractivity contribution in [3.8, 4) is 17.1 Å². The Labute approximate surface area is 191 Å². The summed E-state index contributed by atoms with van der Waals surface area (Å²) >= 11 is 0.740. The van der Waals surface area contributed by atoms with Gasteiger partial charge in [-0.15, -0.1) is 0 Å². The number of carbonyl (C=O) groups excluding carboxylic acids is 2. The summed E-state index contributed by atoms with van der Waals surface area (Å²) < 4.78 is 51.0. The number of furan rings is 1. The first-order chi connectivity index (χ1) is 15.7. The van der Waals surface area contributed by atoms with Gasteiger partial charge in [0.1, 0.15) is 23.9 Å². The number of carbonyl (C=O) groups is 2. The largest absolute Gasteiger partial charge is 0.492 e. The van der Waals surface area contributed by atoms with E-state index in [-0.39, 0.29) is 35.1 Å². The molecule has 2 heterocycles. The zero-order valence-corrected chi connectivity index (χ0v) is 18.2. The third-order valence-corrected chi connectivity index (χ3v) is 5.78. The predicted octanol–water partition coefficient (Wildman–Crippen LogP) is 6.39. The van der Waals surface area contributed by atoms with E-state index < -0.39 is 22.9 Å². The Kier molecular flexibility index (Phi) is 6.33. The lowest BCUT2D eigenvalue weighted by Gasteiger charge is -2.13. The van der Waals surface area contributed by atoms with E-state index in [0.717, 1.165) is 28.3 Å². The third-order valence-electron chi connectivity index (χ3n) is 4.88. The normalized spacial score (nSPS) is 15.5. The number of nitrogens with zero attached hydrogens (tertiary/aromatic N) is 1. The molecule has 1 aliphatic heterocycles. The van der Waals surface area contributed by atoms with Crippen LogP contribution in [0.1, 0.15) is 16.9 Å². The molecule has 0 bridgehead atoms. The number of hydrogen-bond donors (Lipinski definition) is 0. The first-order valence-corrected chi connectivity index (χ1v) is 10.8. The van der Waals surface area contributed by atoms with E-state index in [9.17, 15) is 22.8 Å². The van der Waals surface area contributed by atoms with Crippen LogP contribution in [0.2, 0.25) is 0 Å². The molecule has 0 aliphatic carbocycles. The Bertz CT molecular complexity index is 1210. The van der Waals surface area contributed by atoms with Crippen LogP contribution in [0, 0.1) is 6.92 Å². The van der Waals surface area contributed by atoms with E-state index in [1.165, 1.54) is 36.4 Å². The Hall–Kier alpha value is -3.46. The van der Waals surface area contributed by atoms with Crippen molar-refractivity contribution in [3.05, 3.63) is 82.5 Å². The molecule has 1 fully saturated rings. The molecule has 3 aromatic rings. The minimum atomic E-state index is -4.53. The topological polar surface area (TPSA) is 59.8 Å². The lowest BCUT2D eigenvalue weighted by Crippen LogP contribution is -2.32.